The Kier molecular flexibility index (Phi) is 7.19. The molecular weight excluding hydrogens is 210 g/mol. The molecule has 0 saturated heterocycles. The summed E-state index contributed by atoms with van der Waals surface area (Å²) in [5, 5.41) is 7.85. The molecule has 0 aliphatic carbocycles. The molecule has 0 bridgehead atoms. The van der Waals surface area contributed by atoms with Crippen molar-refractivity contribution in [3.8, 4) is 0 Å². The summed E-state index contributed by atoms with van der Waals surface area (Å²) in [6.07, 6.45) is 2.46. The Hall–Kier alpha value is 0.01000. The second kappa shape index (κ2) is 8.33. The zero-order chi connectivity index (χ0) is 10.1. The average molecular weight is 229 g/mol. The summed E-state index contributed by atoms with van der Waals surface area (Å²) >= 11 is 3.81. The van der Waals surface area contributed by atoms with Gasteiger partial charge < -0.3 is 5.32 Å². The predicted octanol–water partition coefficient (Wildman–Crippen LogP) is 3.02. The van der Waals surface area contributed by atoms with Crippen molar-refractivity contribution in [1.82, 2.24) is 5.32 Å². The number of nitrogens with one attached hydrogen (secondary N) is 1. The second-order valence-electron chi connectivity index (χ2n) is 3.18. The third-order valence-corrected chi connectivity index (χ3v) is 3.73. The highest BCUT2D eigenvalue weighted by molar-refractivity contribution is 7.99. The maximum Gasteiger partial charge on any atom is -0.000805 e. The Labute approximate surface area is 95.3 Å². The first-order valence-corrected chi connectivity index (χ1v) is 7.32. The van der Waals surface area contributed by atoms with E-state index in [2.05, 4.69) is 29.1 Å². The van der Waals surface area contributed by atoms with E-state index in [1.54, 1.807) is 11.3 Å². The number of hydrogen-bond donors (Lipinski definition) is 1. The van der Waals surface area contributed by atoms with E-state index in [0.29, 0.717) is 0 Å². The standard InChI is InChI=1S/C11H19NS2/c1-2-13-8-3-6-12-7-4-11-5-9-14-10-11/h5,9-10,12H,2-4,6-8H2,1H3. The van der Waals surface area contributed by atoms with Crippen molar-refractivity contribution in [2.75, 3.05) is 24.6 Å². The van der Waals surface area contributed by atoms with Crippen molar-refractivity contribution in [2.24, 2.45) is 0 Å². The molecule has 80 valence electrons. The van der Waals surface area contributed by atoms with E-state index in [1.807, 2.05) is 11.8 Å². The summed E-state index contributed by atoms with van der Waals surface area (Å²) in [6.45, 7) is 4.50. The maximum atomic E-state index is 3.47. The molecule has 0 aliphatic heterocycles. The molecule has 0 amide bonds. The quantitative estimate of drug-likeness (QED) is 0.688. The molecule has 1 N–H and O–H groups in total. The number of thioether (sulfide) groups is 1. The van der Waals surface area contributed by atoms with Crippen LogP contribution in [0.15, 0.2) is 16.8 Å². The minimum atomic E-state index is 1.12. The molecule has 0 atom stereocenters. The molecule has 1 nitrogen and oxygen atoms in total. The smallest absolute Gasteiger partial charge is 0.000805 e. The minimum Gasteiger partial charge on any atom is -0.316 e. The van der Waals surface area contributed by atoms with Crippen LogP contribution in [0.25, 0.3) is 0 Å². The van der Waals surface area contributed by atoms with E-state index in [0.717, 1.165) is 13.1 Å². The number of hydrogen-bond acceptors (Lipinski definition) is 3. The fourth-order valence-electron chi connectivity index (χ4n) is 1.24. The molecule has 1 rings (SSSR count). The molecule has 0 aliphatic rings. The van der Waals surface area contributed by atoms with Crippen molar-refractivity contribution in [1.29, 1.82) is 0 Å². The van der Waals surface area contributed by atoms with Crippen LogP contribution in [0.4, 0.5) is 0 Å². The monoisotopic (exact) mass is 229 g/mol. The van der Waals surface area contributed by atoms with Crippen LogP contribution in [0.3, 0.4) is 0 Å². The Balaban J connectivity index is 1.85. The first kappa shape index (κ1) is 12.1. The largest absolute Gasteiger partial charge is 0.316 e. The summed E-state index contributed by atoms with van der Waals surface area (Å²) < 4.78 is 0. The van der Waals surface area contributed by atoms with Gasteiger partial charge in [-0.15, -0.1) is 0 Å². The highest BCUT2D eigenvalue weighted by atomic mass is 32.2. The van der Waals surface area contributed by atoms with Crippen molar-refractivity contribution in [3.63, 3.8) is 0 Å². The van der Waals surface area contributed by atoms with Crippen molar-refractivity contribution in [2.45, 2.75) is 19.8 Å². The lowest BCUT2D eigenvalue weighted by Gasteiger charge is -2.02. The molecule has 0 unspecified atom stereocenters. The molecule has 3 heteroatoms. The van der Waals surface area contributed by atoms with Gasteiger partial charge in [-0.1, -0.05) is 6.92 Å². The second-order valence-corrected chi connectivity index (χ2v) is 5.36. The summed E-state index contributed by atoms with van der Waals surface area (Å²) in [4.78, 5) is 0. The van der Waals surface area contributed by atoms with Crippen LogP contribution in [0.5, 0.6) is 0 Å². The van der Waals surface area contributed by atoms with Gasteiger partial charge in [0, 0.05) is 0 Å². The van der Waals surface area contributed by atoms with Crippen LogP contribution in [-0.4, -0.2) is 24.6 Å². The molecule has 0 aromatic carbocycles. The predicted molar refractivity (Wildman–Crippen MR) is 68.5 cm³/mol. The van der Waals surface area contributed by atoms with Crippen LogP contribution in [0.1, 0.15) is 18.9 Å². The van der Waals surface area contributed by atoms with E-state index >= 15 is 0 Å². The molecule has 0 spiro atoms. The lowest BCUT2D eigenvalue weighted by molar-refractivity contribution is 0.675. The van der Waals surface area contributed by atoms with Crippen LogP contribution in [-0.2, 0) is 6.42 Å². The van der Waals surface area contributed by atoms with Crippen molar-refractivity contribution in [3.05, 3.63) is 22.4 Å². The van der Waals surface area contributed by atoms with Gasteiger partial charge in [-0.3, -0.25) is 0 Å². The van der Waals surface area contributed by atoms with Crippen molar-refractivity contribution < 1.29 is 0 Å². The molecule has 1 aromatic rings. The SMILES string of the molecule is CCSCCCNCCc1ccsc1. The Morgan fingerprint density at radius 3 is 3.07 bits per heavy atom. The molecule has 1 heterocycles. The zero-order valence-electron chi connectivity index (χ0n) is 8.79. The molecule has 1 aromatic heterocycles. The van der Waals surface area contributed by atoms with E-state index in [1.165, 1.54) is 29.9 Å². The van der Waals surface area contributed by atoms with Gasteiger partial charge in [-0.05, 0) is 59.8 Å². The lowest BCUT2D eigenvalue weighted by Crippen LogP contribution is -2.18. The van der Waals surface area contributed by atoms with Crippen molar-refractivity contribution >= 4 is 23.1 Å². The van der Waals surface area contributed by atoms with E-state index in [-0.39, 0.29) is 0 Å². The highest BCUT2D eigenvalue weighted by Gasteiger charge is 1.92. The molecule has 0 fully saturated rings. The van der Waals surface area contributed by atoms with Crippen LogP contribution >= 0.6 is 23.1 Å². The highest BCUT2D eigenvalue weighted by Crippen LogP contribution is 2.05. The third-order valence-electron chi connectivity index (χ3n) is 2.02. The van der Waals surface area contributed by atoms with Gasteiger partial charge in [0.05, 0.1) is 0 Å². The first-order valence-electron chi connectivity index (χ1n) is 5.23. The van der Waals surface area contributed by atoms with E-state index in [9.17, 15) is 0 Å². The van der Waals surface area contributed by atoms with Crippen LogP contribution < -0.4 is 5.32 Å². The summed E-state index contributed by atoms with van der Waals surface area (Å²) in [5.74, 6) is 2.54. The fourth-order valence-corrected chi connectivity index (χ4v) is 2.58. The summed E-state index contributed by atoms with van der Waals surface area (Å²) in [6, 6.07) is 2.21. The summed E-state index contributed by atoms with van der Waals surface area (Å²) in [5.41, 5.74) is 1.46. The van der Waals surface area contributed by atoms with Gasteiger partial charge in [0.2, 0.25) is 0 Å². The van der Waals surface area contributed by atoms with Gasteiger partial charge >= 0.3 is 0 Å². The number of thiophene rings is 1. The van der Waals surface area contributed by atoms with E-state index in [4.69, 9.17) is 0 Å². The third kappa shape index (κ3) is 5.68. The molecule has 14 heavy (non-hydrogen) atoms. The van der Waals surface area contributed by atoms with Gasteiger partial charge in [0.15, 0.2) is 0 Å². The van der Waals surface area contributed by atoms with Gasteiger partial charge in [0.1, 0.15) is 0 Å². The maximum absolute atomic E-state index is 3.47. The number of rotatable bonds is 8. The Morgan fingerprint density at radius 2 is 2.36 bits per heavy atom. The molecule has 0 radical (unpaired) electrons. The van der Waals surface area contributed by atoms with Crippen LogP contribution in [0.2, 0.25) is 0 Å². The minimum absolute atomic E-state index is 1.12. The normalized spacial score (nSPS) is 10.6. The van der Waals surface area contributed by atoms with E-state index < -0.39 is 0 Å². The van der Waals surface area contributed by atoms with Gasteiger partial charge in [-0.2, -0.15) is 23.1 Å². The Bertz CT molecular complexity index is 209. The molecular formula is C11H19NS2. The topological polar surface area (TPSA) is 12.0 Å². The van der Waals surface area contributed by atoms with Crippen LogP contribution in [0, 0.1) is 0 Å². The Morgan fingerprint density at radius 1 is 1.43 bits per heavy atom. The average Bonchev–Trinajstić information content (AvgIpc) is 2.69. The fraction of sp³-hybridized carbons (Fsp3) is 0.636. The summed E-state index contributed by atoms with van der Waals surface area (Å²) in [7, 11) is 0. The zero-order valence-corrected chi connectivity index (χ0v) is 10.4. The molecule has 0 saturated carbocycles. The van der Waals surface area contributed by atoms with Gasteiger partial charge in [0.25, 0.3) is 0 Å². The van der Waals surface area contributed by atoms with Gasteiger partial charge in [-0.25, -0.2) is 0 Å². The lowest BCUT2D eigenvalue weighted by atomic mass is 10.2. The first-order chi connectivity index (χ1) is 6.93.